The number of primary amides is 1. The maximum absolute atomic E-state index is 12.7. The Hall–Kier alpha value is -1.51. The number of alkyl halides is 3. The molecule has 1 aromatic rings. The number of hydrogen-bond acceptors (Lipinski definition) is 4. The van der Waals surface area contributed by atoms with Gasteiger partial charge in [0, 0.05) is 19.6 Å². The molecule has 0 bridgehead atoms. The number of halogens is 4. The van der Waals surface area contributed by atoms with Crippen molar-refractivity contribution in [2.75, 3.05) is 26.3 Å². The van der Waals surface area contributed by atoms with Crippen molar-refractivity contribution >= 4 is 17.5 Å². The molecule has 2 N–H and O–H groups in total. The number of nitrogens with zero attached hydrogens (tertiary/aromatic N) is 1. The first-order valence-electron chi connectivity index (χ1n) is 6.86. The number of rotatable bonds is 5. The third-order valence-electron chi connectivity index (χ3n) is 3.29. The molecule has 0 aliphatic carbocycles. The third-order valence-corrected chi connectivity index (χ3v) is 3.58. The Bertz CT molecular complexity index is 569. The summed E-state index contributed by atoms with van der Waals surface area (Å²) in [7, 11) is 0. The van der Waals surface area contributed by atoms with E-state index in [1.807, 2.05) is 0 Å². The van der Waals surface area contributed by atoms with Crippen LogP contribution in [0.4, 0.5) is 13.2 Å². The molecule has 1 saturated heterocycles. The lowest BCUT2D eigenvalue weighted by atomic mass is 10.1. The summed E-state index contributed by atoms with van der Waals surface area (Å²) in [5.41, 5.74) is 5.71. The zero-order valence-corrected chi connectivity index (χ0v) is 12.9. The van der Waals surface area contributed by atoms with Crippen LogP contribution in [0.1, 0.15) is 5.56 Å². The predicted molar refractivity (Wildman–Crippen MR) is 77.2 cm³/mol. The number of nitrogens with two attached hydrogens (primary N) is 1. The van der Waals surface area contributed by atoms with Crippen LogP contribution in [-0.4, -0.2) is 49.4 Å². The fraction of sp³-hybridized carbons (Fsp3) is 0.500. The highest BCUT2D eigenvalue weighted by Gasteiger charge is 2.43. The van der Waals surface area contributed by atoms with Crippen molar-refractivity contribution in [2.45, 2.75) is 18.8 Å². The van der Waals surface area contributed by atoms with Crippen LogP contribution in [0.2, 0.25) is 5.02 Å². The minimum absolute atomic E-state index is 0.0255. The Morgan fingerprint density at radius 1 is 1.48 bits per heavy atom. The van der Waals surface area contributed by atoms with E-state index in [9.17, 15) is 18.0 Å². The van der Waals surface area contributed by atoms with Gasteiger partial charge in [-0.2, -0.15) is 13.2 Å². The van der Waals surface area contributed by atoms with E-state index in [1.165, 1.54) is 0 Å². The van der Waals surface area contributed by atoms with Crippen LogP contribution in [0.3, 0.4) is 0 Å². The highest BCUT2D eigenvalue weighted by molar-refractivity contribution is 6.32. The van der Waals surface area contributed by atoms with Gasteiger partial charge >= 0.3 is 6.18 Å². The van der Waals surface area contributed by atoms with Crippen LogP contribution in [0.25, 0.3) is 0 Å². The van der Waals surface area contributed by atoms with Crippen molar-refractivity contribution in [3.05, 3.63) is 28.8 Å². The number of carbonyl (C=O) groups excluding carboxylic acids is 1. The standard InChI is InChI=1S/C14H16ClF3N2O3/c15-10-5-9(1-2-11(10)23-8-13(19)21)6-20-3-4-22-12(7-20)14(16,17)18/h1-2,5,12H,3-4,6-8H2,(H2,19,21). The third kappa shape index (κ3) is 5.26. The first-order valence-corrected chi connectivity index (χ1v) is 7.23. The summed E-state index contributed by atoms with van der Waals surface area (Å²) in [6.07, 6.45) is -6.15. The molecule has 1 aliphatic rings. The van der Waals surface area contributed by atoms with Gasteiger partial charge in [0.15, 0.2) is 12.7 Å². The number of benzene rings is 1. The molecule has 9 heteroatoms. The second kappa shape index (κ2) is 7.37. The predicted octanol–water partition coefficient (Wildman–Crippen LogP) is 1.97. The lowest BCUT2D eigenvalue weighted by Gasteiger charge is -2.33. The lowest BCUT2D eigenvalue weighted by Crippen LogP contribution is -2.48. The van der Waals surface area contributed by atoms with Gasteiger partial charge in [0.2, 0.25) is 0 Å². The summed E-state index contributed by atoms with van der Waals surface area (Å²) < 4.78 is 47.9. The van der Waals surface area contributed by atoms with Gasteiger partial charge in [-0.05, 0) is 17.7 Å². The van der Waals surface area contributed by atoms with E-state index in [1.54, 1.807) is 23.1 Å². The molecule has 1 atom stereocenters. The Balaban J connectivity index is 1.97. The molecule has 1 heterocycles. The maximum Gasteiger partial charge on any atom is 0.415 e. The summed E-state index contributed by atoms with van der Waals surface area (Å²) >= 11 is 6.03. The average molecular weight is 353 g/mol. The molecule has 1 amide bonds. The van der Waals surface area contributed by atoms with Crippen molar-refractivity contribution in [1.82, 2.24) is 4.90 Å². The molecule has 0 saturated carbocycles. The molecule has 5 nitrogen and oxygen atoms in total. The van der Waals surface area contributed by atoms with Crippen LogP contribution >= 0.6 is 11.6 Å². The second-order valence-electron chi connectivity index (χ2n) is 5.16. The van der Waals surface area contributed by atoms with Crippen LogP contribution in [0.5, 0.6) is 5.75 Å². The van der Waals surface area contributed by atoms with E-state index in [-0.39, 0.29) is 24.8 Å². The first-order chi connectivity index (χ1) is 10.8. The summed E-state index contributed by atoms with van der Waals surface area (Å²) in [5.74, 6) is -0.332. The average Bonchev–Trinajstić information content (AvgIpc) is 2.45. The van der Waals surface area contributed by atoms with E-state index in [0.29, 0.717) is 18.8 Å². The molecule has 1 aromatic carbocycles. The molecular weight excluding hydrogens is 337 g/mol. The largest absolute Gasteiger partial charge is 0.482 e. The number of ether oxygens (including phenoxy) is 2. The number of hydrogen-bond donors (Lipinski definition) is 1. The van der Waals surface area contributed by atoms with Crippen molar-refractivity contribution in [1.29, 1.82) is 0 Å². The summed E-state index contributed by atoms with van der Waals surface area (Å²) in [4.78, 5) is 12.3. The van der Waals surface area contributed by atoms with E-state index < -0.39 is 18.2 Å². The lowest BCUT2D eigenvalue weighted by molar-refractivity contribution is -0.237. The van der Waals surface area contributed by atoms with Gasteiger partial charge < -0.3 is 15.2 Å². The van der Waals surface area contributed by atoms with Crippen LogP contribution in [-0.2, 0) is 16.1 Å². The highest BCUT2D eigenvalue weighted by Crippen LogP contribution is 2.28. The molecule has 2 rings (SSSR count). The van der Waals surface area contributed by atoms with Gasteiger partial charge in [0.05, 0.1) is 11.6 Å². The van der Waals surface area contributed by atoms with E-state index in [4.69, 9.17) is 26.8 Å². The maximum atomic E-state index is 12.7. The molecule has 0 spiro atoms. The van der Waals surface area contributed by atoms with E-state index >= 15 is 0 Å². The van der Waals surface area contributed by atoms with Gasteiger partial charge in [0.1, 0.15) is 5.75 Å². The zero-order chi connectivity index (χ0) is 17.0. The summed E-state index contributed by atoms with van der Waals surface area (Å²) in [5, 5.41) is 0.268. The van der Waals surface area contributed by atoms with Gasteiger partial charge in [0.25, 0.3) is 5.91 Å². The fourth-order valence-electron chi connectivity index (χ4n) is 2.21. The molecule has 128 valence electrons. The molecule has 0 aromatic heterocycles. The van der Waals surface area contributed by atoms with Gasteiger partial charge in [-0.1, -0.05) is 17.7 Å². The number of amides is 1. The topological polar surface area (TPSA) is 64.8 Å². The van der Waals surface area contributed by atoms with Crippen molar-refractivity contribution in [3.8, 4) is 5.75 Å². The molecule has 1 unspecified atom stereocenters. The Labute approximate surface area is 136 Å². The van der Waals surface area contributed by atoms with Gasteiger partial charge in [-0.25, -0.2) is 0 Å². The normalized spacial score (nSPS) is 19.6. The van der Waals surface area contributed by atoms with E-state index in [2.05, 4.69) is 0 Å². The molecule has 1 fully saturated rings. The quantitative estimate of drug-likeness (QED) is 0.880. The summed E-state index contributed by atoms with van der Waals surface area (Å²) in [6, 6.07) is 4.83. The minimum atomic E-state index is -4.37. The summed E-state index contributed by atoms with van der Waals surface area (Å²) in [6.45, 7) is 0.227. The van der Waals surface area contributed by atoms with E-state index in [0.717, 1.165) is 5.56 Å². The molecule has 23 heavy (non-hydrogen) atoms. The molecule has 1 aliphatic heterocycles. The minimum Gasteiger partial charge on any atom is -0.482 e. The van der Waals surface area contributed by atoms with Crippen LogP contribution < -0.4 is 10.5 Å². The Kier molecular flexibility index (Phi) is 5.72. The second-order valence-corrected chi connectivity index (χ2v) is 5.56. The smallest absolute Gasteiger partial charge is 0.415 e. The Morgan fingerprint density at radius 3 is 2.83 bits per heavy atom. The van der Waals surface area contributed by atoms with Crippen molar-refractivity contribution < 1.29 is 27.4 Å². The SMILES string of the molecule is NC(=O)COc1ccc(CN2CCOC(C(F)(F)F)C2)cc1Cl. The first kappa shape index (κ1) is 17.8. The number of carbonyl (C=O) groups is 1. The van der Waals surface area contributed by atoms with Crippen molar-refractivity contribution in [3.63, 3.8) is 0 Å². The van der Waals surface area contributed by atoms with Gasteiger partial charge in [-0.3, -0.25) is 9.69 Å². The van der Waals surface area contributed by atoms with Crippen LogP contribution in [0.15, 0.2) is 18.2 Å². The Morgan fingerprint density at radius 2 is 2.22 bits per heavy atom. The fourth-order valence-corrected chi connectivity index (χ4v) is 2.47. The number of morpholine rings is 1. The highest BCUT2D eigenvalue weighted by atomic mass is 35.5. The zero-order valence-electron chi connectivity index (χ0n) is 12.1. The monoisotopic (exact) mass is 352 g/mol. The molecular formula is C14H16ClF3N2O3. The van der Waals surface area contributed by atoms with Crippen LogP contribution in [0, 0.1) is 0 Å². The van der Waals surface area contributed by atoms with Gasteiger partial charge in [-0.15, -0.1) is 0 Å². The van der Waals surface area contributed by atoms with Crippen molar-refractivity contribution in [2.24, 2.45) is 5.73 Å². The molecule has 0 radical (unpaired) electrons.